The van der Waals surface area contributed by atoms with E-state index in [2.05, 4.69) is 11.5 Å². The molecule has 0 aliphatic rings. The lowest BCUT2D eigenvalue weighted by Crippen LogP contribution is -2.47. The number of aliphatic hydroxyl groups is 1. The zero-order chi connectivity index (χ0) is 23.3. The largest absolute Gasteiger partial charge is 0.479 e. The third-order valence-electron chi connectivity index (χ3n) is 4.44. The molecule has 3 aromatic rings. The predicted molar refractivity (Wildman–Crippen MR) is 112 cm³/mol. The van der Waals surface area contributed by atoms with Gasteiger partial charge in [0.25, 0.3) is 5.56 Å². The smallest absolute Gasteiger partial charge is 0.333 e. The van der Waals surface area contributed by atoms with Crippen LogP contribution in [0.5, 0.6) is 0 Å². The first kappa shape index (κ1) is 22.8. The number of hydrogen-bond donors (Lipinski definition) is 4. The van der Waals surface area contributed by atoms with E-state index in [1.807, 2.05) is 11.2 Å². The van der Waals surface area contributed by atoms with Crippen LogP contribution >= 0.6 is 11.6 Å². The third-order valence-corrected chi connectivity index (χ3v) is 4.67. The molecular formula is C21H17ClN4O6. The monoisotopic (exact) mass is 456 g/mol. The van der Waals surface area contributed by atoms with Crippen molar-refractivity contribution in [1.82, 2.24) is 15.6 Å². The standard InChI is InChI=1S/C21H17ClN4O6/c22-16-3-1-2-12(7-16)13-4-5-14(15(6-13)9-23)10-26(11-17(27)21(30)31)24-20(29)18-8-19(28)25-32-18/h1-8,17,27H,10-11H2,(H,24,29)(H,25,28)(H,30,31). The fraction of sp³-hybridized carbons (Fsp3) is 0.143. The highest BCUT2D eigenvalue weighted by Gasteiger charge is 2.22. The van der Waals surface area contributed by atoms with E-state index in [9.17, 15) is 24.8 Å². The molecule has 1 atom stereocenters. The van der Waals surface area contributed by atoms with E-state index in [1.165, 1.54) is 0 Å². The summed E-state index contributed by atoms with van der Waals surface area (Å²) >= 11 is 6.03. The first-order valence-electron chi connectivity index (χ1n) is 9.21. The average molecular weight is 457 g/mol. The normalized spacial score (nSPS) is 11.7. The van der Waals surface area contributed by atoms with Crippen molar-refractivity contribution in [3.8, 4) is 17.2 Å². The molecular weight excluding hydrogens is 440 g/mol. The number of amides is 1. The molecule has 0 fully saturated rings. The van der Waals surface area contributed by atoms with E-state index in [4.69, 9.17) is 21.2 Å². The molecule has 11 heteroatoms. The minimum atomic E-state index is -1.81. The summed E-state index contributed by atoms with van der Waals surface area (Å²) in [5, 5.41) is 32.0. The SMILES string of the molecule is N#Cc1cc(-c2cccc(Cl)c2)ccc1CN(CC(O)C(=O)O)NC(=O)c1cc(=O)[nH]o1. The summed E-state index contributed by atoms with van der Waals surface area (Å²) in [6.45, 7) is -0.597. The van der Waals surface area contributed by atoms with Gasteiger partial charge in [-0.2, -0.15) is 10.4 Å². The summed E-state index contributed by atoms with van der Waals surface area (Å²) in [6.07, 6.45) is -1.81. The van der Waals surface area contributed by atoms with Gasteiger partial charge in [-0.1, -0.05) is 35.9 Å². The zero-order valence-corrected chi connectivity index (χ0v) is 17.2. The molecule has 0 saturated heterocycles. The Labute approximate surface area is 186 Å². The minimum absolute atomic E-state index is 0.108. The number of carboxylic acid groups (broad SMARTS) is 1. The molecule has 0 bridgehead atoms. The molecule has 10 nitrogen and oxygen atoms in total. The summed E-state index contributed by atoms with van der Waals surface area (Å²) in [4.78, 5) is 34.6. The maximum atomic E-state index is 12.3. The van der Waals surface area contributed by atoms with Gasteiger partial charge in [-0.3, -0.25) is 15.0 Å². The number of halogens is 1. The van der Waals surface area contributed by atoms with E-state index in [0.717, 1.165) is 22.2 Å². The summed E-state index contributed by atoms with van der Waals surface area (Å²) in [5.41, 5.74) is 4.03. The molecule has 1 aromatic heterocycles. The second-order valence-electron chi connectivity index (χ2n) is 6.75. The van der Waals surface area contributed by atoms with Crippen molar-refractivity contribution in [3.05, 3.63) is 80.8 Å². The number of benzene rings is 2. The number of carbonyl (C=O) groups excluding carboxylic acids is 1. The van der Waals surface area contributed by atoms with Gasteiger partial charge in [0, 0.05) is 11.6 Å². The van der Waals surface area contributed by atoms with E-state index in [0.29, 0.717) is 10.6 Å². The molecule has 2 aromatic carbocycles. The van der Waals surface area contributed by atoms with Crippen LogP contribution < -0.4 is 11.0 Å². The Morgan fingerprint density at radius 2 is 1.97 bits per heavy atom. The number of hydrogen-bond acceptors (Lipinski definition) is 7. The molecule has 0 spiro atoms. The van der Waals surface area contributed by atoms with Crippen LogP contribution in [-0.2, 0) is 11.3 Å². The Morgan fingerprint density at radius 3 is 2.59 bits per heavy atom. The summed E-state index contributed by atoms with van der Waals surface area (Å²) in [5.74, 6) is -2.66. The highest BCUT2D eigenvalue weighted by molar-refractivity contribution is 6.30. The number of rotatable bonds is 8. The van der Waals surface area contributed by atoms with Crippen molar-refractivity contribution >= 4 is 23.5 Å². The molecule has 3 rings (SSSR count). The number of aliphatic hydroxyl groups excluding tert-OH is 1. The van der Waals surface area contributed by atoms with Gasteiger partial charge in [-0.25, -0.2) is 9.80 Å². The number of carboxylic acids is 1. The number of hydrazine groups is 1. The second kappa shape index (κ2) is 9.93. The summed E-state index contributed by atoms with van der Waals surface area (Å²) < 4.78 is 4.73. The van der Waals surface area contributed by atoms with E-state index in [1.54, 1.807) is 36.4 Å². The molecule has 0 saturated carbocycles. The minimum Gasteiger partial charge on any atom is -0.479 e. The van der Waals surface area contributed by atoms with Gasteiger partial charge in [0.15, 0.2) is 6.10 Å². The van der Waals surface area contributed by atoms with Gasteiger partial charge in [-0.15, -0.1) is 0 Å². The lowest BCUT2D eigenvalue weighted by molar-refractivity contribution is -0.148. The summed E-state index contributed by atoms with van der Waals surface area (Å²) in [6, 6.07) is 15.1. The summed E-state index contributed by atoms with van der Waals surface area (Å²) in [7, 11) is 0. The first-order chi connectivity index (χ1) is 15.3. The zero-order valence-electron chi connectivity index (χ0n) is 16.4. The number of aromatic amines is 1. The maximum absolute atomic E-state index is 12.3. The Bertz CT molecular complexity index is 1250. The van der Waals surface area contributed by atoms with Crippen LogP contribution in [0.2, 0.25) is 5.02 Å². The predicted octanol–water partition coefficient (Wildman–Crippen LogP) is 1.75. The van der Waals surface area contributed by atoms with Crippen molar-refractivity contribution in [1.29, 1.82) is 5.26 Å². The Hall–Kier alpha value is -3.91. The van der Waals surface area contributed by atoms with Gasteiger partial charge >= 0.3 is 11.9 Å². The maximum Gasteiger partial charge on any atom is 0.333 e. The van der Waals surface area contributed by atoms with Crippen molar-refractivity contribution < 1.29 is 24.3 Å². The van der Waals surface area contributed by atoms with E-state index < -0.39 is 30.1 Å². The molecule has 32 heavy (non-hydrogen) atoms. The highest BCUT2D eigenvalue weighted by atomic mass is 35.5. The molecule has 1 amide bonds. The number of H-pyrrole nitrogens is 1. The van der Waals surface area contributed by atoms with Crippen LogP contribution in [0.4, 0.5) is 0 Å². The second-order valence-corrected chi connectivity index (χ2v) is 7.18. The molecule has 4 N–H and O–H groups in total. The number of aromatic nitrogens is 1. The number of nitriles is 1. The lowest BCUT2D eigenvalue weighted by atomic mass is 9.99. The van der Waals surface area contributed by atoms with E-state index >= 15 is 0 Å². The van der Waals surface area contributed by atoms with Gasteiger partial charge in [0.2, 0.25) is 5.76 Å². The number of carbonyl (C=O) groups is 2. The molecule has 0 aliphatic carbocycles. The van der Waals surface area contributed by atoms with Gasteiger partial charge in [0.05, 0.1) is 24.2 Å². The number of nitrogens with one attached hydrogen (secondary N) is 2. The quantitative estimate of drug-likeness (QED) is 0.373. The van der Waals surface area contributed by atoms with Gasteiger partial charge in [0.1, 0.15) is 0 Å². The van der Waals surface area contributed by atoms with Crippen molar-refractivity contribution in [3.63, 3.8) is 0 Å². The van der Waals surface area contributed by atoms with Crippen LogP contribution in [0.1, 0.15) is 21.7 Å². The molecule has 1 heterocycles. The van der Waals surface area contributed by atoms with Crippen LogP contribution in [0.25, 0.3) is 11.1 Å². The van der Waals surface area contributed by atoms with Gasteiger partial charge in [-0.05, 0) is 34.9 Å². The molecule has 164 valence electrons. The molecule has 0 radical (unpaired) electrons. The fourth-order valence-corrected chi connectivity index (χ4v) is 3.09. The van der Waals surface area contributed by atoms with E-state index in [-0.39, 0.29) is 17.9 Å². The number of nitrogens with zero attached hydrogens (tertiary/aromatic N) is 2. The topological polar surface area (TPSA) is 160 Å². The average Bonchev–Trinajstić information content (AvgIpc) is 3.20. The Morgan fingerprint density at radius 1 is 1.22 bits per heavy atom. The van der Waals surface area contributed by atoms with Crippen molar-refractivity contribution in [2.45, 2.75) is 12.6 Å². The molecule has 0 aliphatic heterocycles. The lowest BCUT2D eigenvalue weighted by Gasteiger charge is -2.24. The van der Waals surface area contributed by atoms with Crippen LogP contribution in [0.3, 0.4) is 0 Å². The van der Waals surface area contributed by atoms with Crippen LogP contribution in [-0.4, -0.2) is 44.9 Å². The Balaban J connectivity index is 1.87. The number of aliphatic carboxylic acids is 1. The van der Waals surface area contributed by atoms with Crippen molar-refractivity contribution in [2.75, 3.05) is 6.54 Å². The van der Waals surface area contributed by atoms with Crippen LogP contribution in [0, 0.1) is 11.3 Å². The van der Waals surface area contributed by atoms with Gasteiger partial charge < -0.3 is 14.7 Å². The third kappa shape index (κ3) is 5.61. The highest BCUT2D eigenvalue weighted by Crippen LogP contribution is 2.25. The molecule has 1 unspecified atom stereocenters. The first-order valence-corrected chi connectivity index (χ1v) is 9.59. The Kier molecular flexibility index (Phi) is 7.07. The fourth-order valence-electron chi connectivity index (χ4n) is 2.90. The van der Waals surface area contributed by atoms with Crippen LogP contribution in [0.15, 0.2) is 57.8 Å². The van der Waals surface area contributed by atoms with Crippen molar-refractivity contribution in [2.24, 2.45) is 0 Å².